The number of hydrogen-bond acceptors (Lipinski definition) is 4. The summed E-state index contributed by atoms with van der Waals surface area (Å²) < 4.78 is 1.60. The first-order chi connectivity index (χ1) is 12.1. The van der Waals surface area contributed by atoms with E-state index >= 15 is 0 Å². The number of nitrogens with zero attached hydrogens (tertiary/aromatic N) is 2. The van der Waals surface area contributed by atoms with E-state index in [0.717, 1.165) is 5.56 Å². The summed E-state index contributed by atoms with van der Waals surface area (Å²) >= 11 is 7.35. The predicted molar refractivity (Wildman–Crippen MR) is 102 cm³/mol. The zero-order chi connectivity index (χ0) is 17.8. The minimum atomic E-state index is -0.270. The highest BCUT2D eigenvalue weighted by Gasteiger charge is 2.17. The third-order valence-corrected chi connectivity index (χ3v) is 5.20. The third-order valence-electron chi connectivity index (χ3n) is 3.78. The van der Waals surface area contributed by atoms with Crippen LogP contribution in [0.5, 0.6) is 0 Å². The summed E-state index contributed by atoms with van der Waals surface area (Å²) in [6.07, 6.45) is 1.44. The van der Waals surface area contributed by atoms with Crippen LogP contribution in [0, 0.1) is 0 Å². The van der Waals surface area contributed by atoms with E-state index < -0.39 is 0 Å². The molecule has 6 heteroatoms. The fourth-order valence-corrected chi connectivity index (χ4v) is 3.86. The summed E-state index contributed by atoms with van der Waals surface area (Å²) in [5, 5.41) is 1.28. The molecule has 0 spiro atoms. The normalized spacial score (nSPS) is 11.9. The Labute approximate surface area is 154 Å². The molecule has 3 rings (SSSR count). The van der Waals surface area contributed by atoms with Crippen LogP contribution in [0.3, 0.4) is 0 Å². The van der Waals surface area contributed by atoms with E-state index in [1.54, 1.807) is 22.8 Å². The van der Waals surface area contributed by atoms with Gasteiger partial charge in [-0.15, -0.1) is 0 Å². The topological polar surface area (TPSA) is 52.0 Å². The fourth-order valence-electron chi connectivity index (χ4n) is 2.56. The van der Waals surface area contributed by atoms with Crippen molar-refractivity contribution < 1.29 is 4.79 Å². The summed E-state index contributed by atoms with van der Waals surface area (Å²) in [4.78, 5) is 28.3. The van der Waals surface area contributed by atoms with Gasteiger partial charge in [-0.05, 0) is 30.7 Å². The molecule has 0 aliphatic rings. The quantitative estimate of drug-likeness (QED) is 0.382. The number of fused-ring (bicyclic) bond motifs is 1. The molecule has 1 atom stereocenters. The third kappa shape index (κ3) is 3.69. The van der Waals surface area contributed by atoms with Gasteiger partial charge in [0, 0.05) is 17.6 Å². The van der Waals surface area contributed by atoms with Gasteiger partial charge >= 0.3 is 0 Å². The summed E-state index contributed by atoms with van der Waals surface area (Å²) in [7, 11) is 0. The maximum absolute atomic E-state index is 12.8. The number of carbonyl (C=O) groups excluding carboxylic acids is 1. The molecule has 0 aliphatic carbocycles. The molecule has 1 aromatic heterocycles. The van der Waals surface area contributed by atoms with Gasteiger partial charge < -0.3 is 0 Å². The molecular weight excluding hydrogens is 356 g/mol. The lowest BCUT2D eigenvalue weighted by atomic mass is 10.1. The Morgan fingerprint density at radius 3 is 2.72 bits per heavy atom. The molecule has 0 bridgehead atoms. The summed E-state index contributed by atoms with van der Waals surface area (Å²) in [6.45, 7) is 2.36. The SMILES string of the molecule is CCn1c(SC(C=C=O)c2ccccc2)nc2ccc(Cl)cc2c1=O. The molecule has 0 saturated carbocycles. The molecule has 0 aliphatic heterocycles. The zero-order valence-electron chi connectivity index (χ0n) is 13.5. The summed E-state index contributed by atoms with van der Waals surface area (Å²) in [5.74, 6) is 1.85. The Kier molecular flexibility index (Phi) is 5.39. The van der Waals surface area contributed by atoms with Gasteiger partial charge in [-0.1, -0.05) is 53.7 Å². The molecule has 3 aromatic rings. The molecule has 0 fully saturated rings. The minimum Gasteiger partial charge on any atom is -0.287 e. The van der Waals surface area contributed by atoms with E-state index in [1.165, 1.54) is 17.8 Å². The van der Waals surface area contributed by atoms with E-state index in [1.807, 2.05) is 43.2 Å². The van der Waals surface area contributed by atoms with Crippen LogP contribution in [0.25, 0.3) is 10.9 Å². The van der Waals surface area contributed by atoms with Crippen LogP contribution < -0.4 is 5.56 Å². The molecule has 4 nitrogen and oxygen atoms in total. The van der Waals surface area contributed by atoms with Gasteiger partial charge in [-0.25, -0.2) is 9.78 Å². The summed E-state index contributed by atoms with van der Waals surface area (Å²) in [6, 6.07) is 14.7. The van der Waals surface area contributed by atoms with Crippen molar-refractivity contribution >= 4 is 40.2 Å². The van der Waals surface area contributed by atoms with Gasteiger partial charge in [0.1, 0.15) is 5.94 Å². The average molecular weight is 371 g/mol. The van der Waals surface area contributed by atoms with Crippen LogP contribution in [0.2, 0.25) is 5.02 Å². The second kappa shape index (κ2) is 7.70. The monoisotopic (exact) mass is 370 g/mol. The van der Waals surface area contributed by atoms with Crippen molar-refractivity contribution in [1.82, 2.24) is 9.55 Å². The van der Waals surface area contributed by atoms with Crippen LogP contribution >= 0.6 is 23.4 Å². The van der Waals surface area contributed by atoms with E-state index in [9.17, 15) is 9.59 Å². The average Bonchev–Trinajstić information content (AvgIpc) is 2.63. The Balaban J connectivity index is 2.12. The van der Waals surface area contributed by atoms with Crippen LogP contribution in [0.1, 0.15) is 17.7 Å². The maximum atomic E-state index is 12.8. The van der Waals surface area contributed by atoms with Crippen LogP contribution in [-0.2, 0) is 11.3 Å². The maximum Gasteiger partial charge on any atom is 0.262 e. The Morgan fingerprint density at radius 1 is 1.28 bits per heavy atom. The highest BCUT2D eigenvalue weighted by atomic mass is 35.5. The fraction of sp³-hybridized carbons (Fsp3) is 0.158. The van der Waals surface area contributed by atoms with E-state index in [2.05, 4.69) is 4.98 Å². The Bertz CT molecular complexity index is 1010. The molecule has 0 amide bonds. The van der Waals surface area contributed by atoms with E-state index in [0.29, 0.717) is 27.6 Å². The molecule has 0 N–H and O–H groups in total. The van der Waals surface area contributed by atoms with Crippen LogP contribution in [0.4, 0.5) is 0 Å². The van der Waals surface area contributed by atoms with Gasteiger partial charge in [0.15, 0.2) is 5.16 Å². The first kappa shape index (κ1) is 17.5. The van der Waals surface area contributed by atoms with Crippen molar-refractivity contribution in [3.8, 4) is 0 Å². The van der Waals surface area contributed by atoms with Gasteiger partial charge in [0.05, 0.1) is 16.2 Å². The van der Waals surface area contributed by atoms with Crippen molar-refractivity contribution in [1.29, 1.82) is 0 Å². The van der Waals surface area contributed by atoms with Gasteiger partial charge in [0.25, 0.3) is 5.56 Å². The lowest BCUT2D eigenvalue weighted by Gasteiger charge is -2.15. The number of thioether (sulfide) groups is 1. The molecule has 2 aromatic carbocycles. The molecule has 126 valence electrons. The molecule has 1 unspecified atom stereocenters. The second-order valence-electron chi connectivity index (χ2n) is 5.34. The second-order valence-corrected chi connectivity index (χ2v) is 6.88. The molecule has 25 heavy (non-hydrogen) atoms. The largest absolute Gasteiger partial charge is 0.287 e. The lowest BCUT2D eigenvalue weighted by Crippen LogP contribution is -2.22. The number of halogens is 1. The number of benzene rings is 2. The first-order valence-electron chi connectivity index (χ1n) is 7.76. The zero-order valence-corrected chi connectivity index (χ0v) is 15.1. The molecule has 0 saturated heterocycles. The van der Waals surface area contributed by atoms with Crippen molar-refractivity contribution in [3.63, 3.8) is 0 Å². The molecular formula is C19H15ClN2O2S. The predicted octanol–water partition coefficient (Wildman–Crippen LogP) is 4.29. The molecule has 0 radical (unpaired) electrons. The minimum absolute atomic E-state index is 0.139. The van der Waals surface area contributed by atoms with Crippen molar-refractivity contribution in [2.24, 2.45) is 0 Å². The highest BCUT2D eigenvalue weighted by molar-refractivity contribution is 7.99. The summed E-state index contributed by atoms with van der Waals surface area (Å²) in [5.41, 5.74) is 1.40. The standard InChI is InChI=1S/C19H15ClN2O2S/c1-2-22-18(24)15-12-14(20)8-9-16(15)21-19(22)25-17(10-11-23)13-6-4-3-5-7-13/h3-10,12,17H,2H2,1H3. The Morgan fingerprint density at radius 2 is 2.04 bits per heavy atom. The highest BCUT2D eigenvalue weighted by Crippen LogP contribution is 2.35. The lowest BCUT2D eigenvalue weighted by molar-refractivity contribution is 0.568. The van der Waals surface area contributed by atoms with Crippen LogP contribution in [0.15, 0.2) is 64.6 Å². The van der Waals surface area contributed by atoms with Gasteiger partial charge in [-0.2, -0.15) is 0 Å². The van der Waals surface area contributed by atoms with Crippen molar-refractivity contribution in [2.45, 2.75) is 23.9 Å². The molecule has 1 heterocycles. The van der Waals surface area contributed by atoms with Crippen LogP contribution in [-0.4, -0.2) is 15.5 Å². The number of hydrogen-bond donors (Lipinski definition) is 0. The first-order valence-corrected chi connectivity index (χ1v) is 9.02. The Hall–Kier alpha value is -2.33. The number of aromatic nitrogens is 2. The van der Waals surface area contributed by atoms with Crippen molar-refractivity contribution in [3.05, 3.63) is 75.5 Å². The van der Waals surface area contributed by atoms with Gasteiger partial charge in [-0.3, -0.25) is 9.36 Å². The van der Waals surface area contributed by atoms with Crippen molar-refractivity contribution in [2.75, 3.05) is 0 Å². The smallest absolute Gasteiger partial charge is 0.262 e. The van der Waals surface area contributed by atoms with E-state index in [-0.39, 0.29) is 10.8 Å². The van der Waals surface area contributed by atoms with E-state index in [4.69, 9.17) is 11.6 Å². The number of rotatable bonds is 5. The van der Waals surface area contributed by atoms with Gasteiger partial charge in [0.2, 0.25) is 0 Å².